The molecule has 0 amide bonds. The zero-order valence-electron chi connectivity index (χ0n) is 21.9. The van der Waals surface area contributed by atoms with Crippen molar-refractivity contribution in [3.8, 4) is 23.0 Å². The van der Waals surface area contributed by atoms with E-state index < -0.39 is 59.1 Å². The molecule has 210 valence electrons. The molecule has 4 unspecified atom stereocenters. The topological polar surface area (TPSA) is 207 Å². The number of carbonyl (C=O) groups excluding carboxylic acids is 2. The second-order valence-corrected chi connectivity index (χ2v) is 9.82. The van der Waals surface area contributed by atoms with E-state index in [0.717, 1.165) is 0 Å². The molecule has 0 bridgehead atoms. The van der Waals surface area contributed by atoms with E-state index in [1.165, 1.54) is 25.3 Å². The number of aliphatic hydroxyl groups excluding tert-OH is 1. The van der Waals surface area contributed by atoms with Crippen molar-refractivity contribution in [1.29, 1.82) is 0 Å². The number of aliphatic hydroxyl groups is 2. The van der Waals surface area contributed by atoms with Gasteiger partial charge in [-0.3, -0.25) is 9.59 Å². The lowest BCUT2D eigenvalue weighted by molar-refractivity contribution is -0.146. The zero-order chi connectivity index (χ0) is 28.6. The van der Waals surface area contributed by atoms with Crippen LogP contribution >= 0.6 is 0 Å². The Balaban J connectivity index is 1.97. The minimum Gasteiger partial charge on any atom is -0.507 e. The lowest BCUT2D eigenvalue weighted by Crippen LogP contribution is -2.44. The number of hydrazone groups is 1. The van der Waals surface area contributed by atoms with Crippen LogP contribution < -0.4 is 21.1 Å². The number of hydrogen-bond acceptors (Lipinski definition) is 12. The van der Waals surface area contributed by atoms with Gasteiger partial charge in [0.2, 0.25) is 12.1 Å². The summed E-state index contributed by atoms with van der Waals surface area (Å²) in [7, 11) is 1.34. The smallest absolute Gasteiger partial charge is 0.202 e. The van der Waals surface area contributed by atoms with Crippen LogP contribution in [0.3, 0.4) is 0 Å². The van der Waals surface area contributed by atoms with Gasteiger partial charge in [-0.15, -0.1) is 0 Å². The first-order valence-electron chi connectivity index (χ1n) is 12.6. The third-order valence-electron chi connectivity index (χ3n) is 7.33. The number of fused-ring (bicyclic) bond motifs is 2. The number of phenolic OH excluding ortho intramolecular Hbond substituents is 2. The molecular formula is C27H33N3O9. The van der Waals surface area contributed by atoms with Crippen molar-refractivity contribution >= 4 is 17.3 Å². The summed E-state index contributed by atoms with van der Waals surface area (Å²) < 4.78 is 17.1. The highest BCUT2D eigenvalue weighted by Crippen LogP contribution is 2.50. The van der Waals surface area contributed by atoms with Crippen LogP contribution in [0.1, 0.15) is 70.5 Å². The van der Waals surface area contributed by atoms with Gasteiger partial charge in [0.05, 0.1) is 42.2 Å². The van der Waals surface area contributed by atoms with Crippen molar-refractivity contribution in [2.75, 3.05) is 13.7 Å². The summed E-state index contributed by atoms with van der Waals surface area (Å²) in [4.78, 5) is 27.3. The largest absolute Gasteiger partial charge is 0.507 e. The second kappa shape index (κ2) is 10.8. The Morgan fingerprint density at radius 1 is 1.15 bits per heavy atom. The highest BCUT2D eigenvalue weighted by atomic mass is 16.7. The number of nitrogens with two attached hydrogens (primary N) is 2. The molecular weight excluding hydrogens is 510 g/mol. The van der Waals surface area contributed by atoms with Gasteiger partial charge in [0.25, 0.3) is 0 Å². The summed E-state index contributed by atoms with van der Waals surface area (Å²) in [5.74, 6) is 2.23. The van der Waals surface area contributed by atoms with Crippen molar-refractivity contribution in [2.45, 2.75) is 63.6 Å². The predicted octanol–water partition coefficient (Wildman–Crippen LogP) is 1.10. The Kier molecular flexibility index (Phi) is 7.84. The highest BCUT2D eigenvalue weighted by Gasteiger charge is 2.43. The van der Waals surface area contributed by atoms with E-state index in [4.69, 9.17) is 25.8 Å². The molecule has 2 aliphatic rings. The maximum absolute atomic E-state index is 13.7. The van der Waals surface area contributed by atoms with Gasteiger partial charge in [0.1, 0.15) is 17.1 Å². The molecule has 2 aromatic carbocycles. The van der Waals surface area contributed by atoms with Gasteiger partial charge in [0.15, 0.2) is 17.3 Å². The number of ketones is 2. The molecule has 39 heavy (non-hydrogen) atoms. The molecule has 1 heterocycles. The van der Waals surface area contributed by atoms with Gasteiger partial charge in [-0.05, 0) is 25.8 Å². The lowest BCUT2D eigenvalue weighted by atomic mass is 9.79. The molecule has 2 aromatic rings. The van der Waals surface area contributed by atoms with Gasteiger partial charge < -0.3 is 46.2 Å². The Labute approximate surface area is 224 Å². The Morgan fingerprint density at radius 3 is 2.44 bits per heavy atom. The maximum Gasteiger partial charge on any atom is 0.202 e. The van der Waals surface area contributed by atoms with Crippen LogP contribution in [0.25, 0.3) is 0 Å². The van der Waals surface area contributed by atoms with Gasteiger partial charge in [-0.1, -0.05) is 19.1 Å². The SMILES string of the molecule is CCC(O)(Cc1c(O)c2c(c(O)c1OC1CC(N)CC(C)O1)C(=O)c1c(OC)cccc1C2=O)/C(CO)=N/N. The van der Waals surface area contributed by atoms with E-state index >= 15 is 0 Å². The van der Waals surface area contributed by atoms with Gasteiger partial charge in [-0.25, -0.2) is 0 Å². The van der Waals surface area contributed by atoms with Crippen LogP contribution in [0.2, 0.25) is 0 Å². The number of carbonyl (C=O) groups is 2. The summed E-state index contributed by atoms with van der Waals surface area (Å²) in [5, 5.41) is 47.6. The van der Waals surface area contributed by atoms with Crippen LogP contribution in [-0.4, -0.2) is 75.5 Å². The van der Waals surface area contributed by atoms with Crippen molar-refractivity contribution in [3.05, 3.63) is 46.0 Å². The molecule has 4 rings (SSSR count). The summed E-state index contributed by atoms with van der Waals surface area (Å²) >= 11 is 0. The zero-order valence-corrected chi connectivity index (χ0v) is 21.9. The fraction of sp³-hybridized carbons (Fsp3) is 0.444. The van der Waals surface area contributed by atoms with Crippen LogP contribution in [0.5, 0.6) is 23.0 Å². The normalized spacial score (nSPS) is 22.6. The number of aromatic hydroxyl groups is 2. The summed E-state index contributed by atoms with van der Waals surface area (Å²) in [6, 6.07) is 4.15. The molecule has 12 heteroatoms. The Hall–Kier alpha value is -3.71. The van der Waals surface area contributed by atoms with E-state index in [-0.39, 0.29) is 58.9 Å². The van der Waals surface area contributed by atoms with Crippen LogP contribution in [0.15, 0.2) is 23.3 Å². The molecule has 1 saturated heterocycles. The predicted molar refractivity (Wildman–Crippen MR) is 139 cm³/mol. The standard InChI is InChI=1S/C27H33N3O9/c1-4-27(36,17(11-31)30-29)10-15-23(33)20-21(24(34)19-14(22(20)32)6-5-7-16(19)37-3)25(35)26(15)39-18-9-13(28)8-12(2)38-18/h5-7,12-13,18,31,33,35-36H,4,8-11,28-29H2,1-3H3/b30-17+. The fourth-order valence-electron chi connectivity index (χ4n) is 5.25. The second-order valence-electron chi connectivity index (χ2n) is 9.82. The van der Waals surface area contributed by atoms with E-state index in [1.807, 2.05) is 0 Å². The highest BCUT2D eigenvalue weighted by molar-refractivity contribution is 6.31. The molecule has 12 nitrogen and oxygen atoms in total. The van der Waals surface area contributed by atoms with E-state index in [1.54, 1.807) is 13.8 Å². The summed E-state index contributed by atoms with van der Waals surface area (Å²) in [6.07, 6.45) is -0.961. The van der Waals surface area contributed by atoms with E-state index in [2.05, 4.69) is 5.10 Å². The molecule has 0 saturated carbocycles. The molecule has 0 radical (unpaired) electrons. The molecule has 1 aliphatic heterocycles. The van der Waals surface area contributed by atoms with Crippen molar-refractivity contribution in [2.24, 2.45) is 16.7 Å². The van der Waals surface area contributed by atoms with Crippen LogP contribution in [0.4, 0.5) is 0 Å². The summed E-state index contributed by atoms with van der Waals surface area (Å²) in [5.41, 5.74) is 2.80. The molecule has 1 fully saturated rings. The van der Waals surface area contributed by atoms with Crippen molar-refractivity contribution in [1.82, 2.24) is 0 Å². The van der Waals surface area contributed by atoms with E-state index in [9.17, 15) is 30.0 Å². The number of methoxy groups -OCH3 is 1. The van der Waals surface area contributed by atoms with Crippen molar-refractivity contribution < 1.29 is 44.2 Å². The quantitative estimate of drug-likeness (QED) is 0.103. The number of ether oxygens (including phenoxy) is 3. The van der Waals surface area contributed by atoms with E-state index in [0.29, 0.717) is 6.42 Å². The summed E-state index contributed by atoms with van der Waals surface area (Å²) in [6.45, 7) is 2.70. The maximum atomic E-state index is 13.7. The molecule has 0 spiro atoms. The first-order chi connectivity index (χ1) is 18.5. The number of phenols is 2. The van der Waals surface area contributed by atoms with Gasteiger partial charge >= 0.3 is 0 Å². The van der Waals surface area contributed by atoms with Gasteiger partial charge in [0, 0.05) is 30.0 Å². The Morgan fingerprint density at radius 2 is 1.85 bits per heavy atom. The first kappa shape index (κ1) is 28.3. The minimum absolute atomic E-state index is 0.0188. The fourth-order valence-corrected chi connectivity index (χ4v) is 5.25. The lowest BCUT2D eigenvalue weighted by Gasteiger charge is -2.34. The average Bonchev–Trinajstić information content (AvgIpc) is 2.90. The molecule has 0 aromatic heterocycles. The monoisotopic (exact) mass is 543 g/mol. The van der Waals surface area contributed by atoms with Gasteiger partial charge in [-0.2, -0.15) is 5.10 Å². The number of nitrogens with zero attached hydrogens (tertiary/aromatic N) is 1. The first-order valence-corrected chi connectivity index (χ1v) is 12.6. The third-order valence-corrected chi connectivity index (χ3v) is 7.33. The molecule has 1 aliphatic carbocycles. The molecule has 4 atom stereocenters. The minimum atomic E-state index is -1.90. The third kappa shape index (κ3) is 4.80. The van der Waals surface area contributed by atoms with Crippen LogP contribution in [0, 0.1) is 0 Å². The van der Waals surface area contributed by atoms with Crippen LogP contribution in [-0.2, 0) is 11.2 Å². The number of benzene rings is 2. The number of hydrogen-bond donors (Lipinski definition) is 6. The Bertz CT molecular complexity index is 1330. The average molecular weight is 544 g/mol. The molecule has 8 N–H and O–H groups in total. The number of rotatable bonds is 8. The van der Waals surface area contributed by atoms with Crippen molar-refractivity contribution in [3.63, 3.8) is 0 Å².